The molecule has 3 aliphatic rings. The van der Waals surface area contributed by atoms with Crippen molar-refractivity contribution >= 4 is 5.91 Å². The van der Waals surface area contributed by atoms with Gasteiger partial charge in [-0.25, -0.2) is 0 Å². The molecule has 25 heavy (non-hydrogen) atoms. The number of aryl methyl sites for hydroxylation is 1. The molecule has 1 atom stereocenters. The summed E-state index contributed by atoms with van der Waals surface area (Å²) in [6, 6.07) is 0. The molecule has 0 radical (unpaired) electrons. The summed E-state index contributed by atoms with van der Waals surface area (Å²) in [7, 11) is 3.69. The Morgan fingerprint density at radius 1 is 1.32 bits per heavy atom. The van der Waals surface area contributed by atoms with Gasteiger partial charge in [-0.3, -0.25) is 14.4 Å². The molecule has 1 saturated carbocycles. The van der Waals surface area contributed by atoms with Crippen LogP contribution in [0.4, 0.5) is 0 Å². The molecule has 1 aliphatic carbocycles. The second kappa shape index (κ2) is 6.72. The van der Waals surface area contributed by atoms with E-state index in [1.165, 1.54) is 18.4 Å². The number of aromatic nitrogens is 2. The fourth-order valence-corrected chi connectivity index (χ4v) is 4.71. The Labute approximate surface area is 150 Å². The van der Waals surface area contributed by atoms with Gasteiger partial charge >= 0.3 is 0 Å². The van der Waals surface area contributed by atoms with E-state index in [-0.39, 0.29) is 11.3 Å². The molecule has 138 valence electrons. The van der Waals surface area contributed by atoms with Crippen LogP contribution in [0.1, 0.15) is 31.2 Å². The summed E-state index contributed by atoms with van der Waals surface area (Å²) in [5.41, 5.74) is 1.39. The molecule has 2 saturated heterocycles. The highest BCUT2D eigenvalue weighted by atomic mass is 16.5. The normalized spacial score (nSPS) is 26.7. The lowest BCUT2D eigenvalue weighted by molar-refractivity contribution is -0.133. The van der Waals surface area contributed by atoms with E-state index < -0.39 is 0 Å². The molecule has 1 amide bonds. The number of piperidine rings is 1. The van der Waals surface area contributed by atoms with Gasteiger partial charge in [0.1, 0.15) is 0 Å². The van der Waals surface area contributed by atoms with Crippen LogP contribution < -0.4 is 0 Å². The van der Waals surface area contributed by atoms with E-state index in [2.05, 4.69) is 21.1 Å². The van der Waals surface area contributed by atoms with Crippen molar-refractivity contribution in [1.82, 2.24) is 19.6 Å². The van der Waals surface area contributed by atoms with Gasteiger partial charge in [-0.1, -0.05) is 0 Å². The quantitative estimate of drug-likeness (QED) is 0.784. The number of hydrogen-bond donors (Lipinski definition) is 0. The number of methoxy groups -OCH3 is 1. The summed E-state index contributed by atoms with van der Waals surface area (Å²) in [6.07, 6.45) is 8.82. The molecular weight excluding hydrogens is 316 g/mol. The van der Waals surface area contributed by atoms with Crippen LogP contribution in [-0.2, 0) is 23.1 Å². The Balaban J connectivity index is 1.41. The van der Waals surface area contributed by atoms with Gasteiger partial charge in [-0.15, -0.1) is 0 Å². The first-order chi connectivity index (χ1) is 12.1. The lowest BCUT2D eigenvalue weighted by Crippen LogP contribution is -2.45. The third-order valence-corrected chi connectivity index (χ3v) is 6.38. The zero-order chi connectivity index (χ0) is 17.4. The van der Waals surface area contributed by atoms with Crippen LogP contribution in [0, 0.1) is 17.3 Å². The molecule has 1 spiro atoms. The zero-order valence-corrected chi connectivity index (χ0v) is 15.5. The van der Waals surface area contributed by atoms with E-state index in [0.29, 0.717) is 12.5 Å². The van der Waals surface area contributed by atoms with Gasteiger partial charge < -0.3 is 9.64 Å². The smallest absolute Gasteiger partial charge is 0.228 e. The van der Waals surface area contributed by atoms with Gasteiger partial charge in [0.25, 0.3) is 0 Å². The highest BCUT2D eigenvalue weighted by molar-refractivity contribution is 5.82. The first kappa shape index (κ1) is 17.0. The summed E-state index contributed by atoms with van der Waals surface area (Å²) in [4.78, 5) is 17.6. The number of rotatable bonds is 6. The van der Waals surface area contributed by atoms with Crippen LogP contribution in [0.25, 0.3) is 0 Å². The third kappa shape index (κ3) is 3.47. The Kier molecular flexibility index (Phi) is 4.58. The highest BCUT2D eigenvalue weighted by Crippen LogP contribution is 2.46. The third-order valence-electron chi connectivity index (χ3n) is 6.38. The van der Waals surface area contributed by atoms with Crippen LogP contribution in [0.3, 0.4) is 0 Å². The van der Waals surface area contributed by atoms with Crippen molar-refractivity contribution in [2.75, 3.05) is 39.9 Å². The molecular formula is C19H30N4O2. The summed E-state index contributed by atoms with van der Waals surface area (Å²) >= 11 is 0. The Morgan fingerprint density at radius 3 is 2.68 bits per heavy atom. The number of hydrogen-bond acceptors (Lipinski definition) is 4. The molecule has 0 N–H and O–H groups in total. The van der Waals surface area contributed by atoms with Crippen molar-refractivity contribution in [3.63, 3.8) is 0 Å². The molecule has 0 bridgehead atoms. The van der Waals surface area contributed by atoms with E-state index >= 15 is 0 Å². The first-order valence-corrected chi connectivity index (χ1v) is 9.57. The number of carbonyl (C=O) groups is 1. The second-order valence-electron chi connectivity index (χ2n) is 8.33. The van der Waals surface area contributed by atoms with E-state index in [0.717, 1.165) is 51.5 Å². The topological polar surface area (TPSA) is 50.6 Å². The summed E-state index contributed by atoms with van der Waals surface area (Å²) < 4.78 is 7.31. The number of likely N-dealkylation sites (tertiary alicyclic amines) is 2. The first-order valence-electron chi connectivity index (χ1n) is 9.57. The van der Waals surface area contributed by atoms with Gasteiger partial charge in [-0.2, -0.15) is 5.10 Å². The minimum Gasteiger partial charge on any atom is -0.384 e. The predicted molar refractivity (Wildman–Crippen MR) is 94.8 cm³/mol. The van der Waals surface area contributed by atoms with Crippen molar-refractivity contribution in [1.29, 1.82) is 0 Å². The lowest BCUT2D eigenvalue weighted by Gasteiger charge is -2.41. The molecule has 4 rings (SSSR count). The van der Waals surface area contributed by atoms with Crippen LogP contribution in [0.15, 0.2) is 12.4 Å². The average Bonchev–Trinajstić information content (AvgIpc) is 3.27. The monoisotopic (exact) mass is 346 g/mol. The summed E-state index contributed by atoms with van der Waals surface area (Å²) in [6.45, 7) is 5.55. The van der Waals surface area contributed by atoms with Crippen LogP contribution >= 0.6 is 0 Å². The molecule has 1 aromatic rings. The number of amides is 1. The Morgan fingerprint density at radius 2 is 2.08 bits per heavy atom. The summed E-state index contributed by atoms with van der Waals surface area (Å²) in [5, 5.41) is 4.26. The number of carbonyl (C=O) groups excluding carboxylic acids is 1. The van der Waals surface area contributed by atoms with E-state index in [4.69, 9.17) is 4.74 Å². The maximum absolute atomic E-state index is 12.9. The zero-order valence-electron chi connectivity index (χ0n) is 15.5. The van der Waals surface area contributed by atoms with Gasteiger partial charge in [-0.05, 0) is 44.7 Å². The maximum atomic E-state index is 12.9. The van der Waals surface area contributed by atoms with Crippen LogP contribution in [0.5, 0.6) is 0 Å². The predicted octanol–water partition coefficient (Wildman–Crippen LogP) is 1.52. The highest BCUT2D eigenvalue weighted by Gasteiger charge is 2.53. The fraction of sp³-hybridized carbons (Fsp3) is 0.789. The Hall–Kier alpha value is -1.40. The van der Waals surface area contributed by atoms with Crippen LogP contribution in [-0.4, -0.2) is 65.4 Å². The molecule has 2 aliphatic heterocycles. The van der Waals surface area contributed by atoms with E-state index in [1.54, 1.807) is 7.11 Å². The molecule has 1 aromatic heterocycles. The Bertz CT molecular complexity index is 617. The maximum Gasteiger partial charge on any atom is 0.228 e. The summed E-state index contributed by atoms with van der Waals surface area (Å²) in [5.74, 6) is 1.15. The number of ether oxygens (including phenoxy) is 1. The van der Waals surface area contributed by atoms with Crippen molar-refractivity contribution in [2.45, 2.75) is 32.2 Å². The minimum atomic E-state index is 0.0526. The molecule has 1 unspecified atom stereocenters. The number of nitrogens with zero attached hydrogens (tertiary/aromatic N) is 4. The van der Waals surface area contributed by atoms with E-state index in [1.807, 2.05) is 17.9 Å². The molecule has 3 fully saturated rings. The minimum absolute atomic E-state index is 0.0526. The van der Waals surface area contributed by atoms with Crippen molar-refractivity contribution < 1.29 is 9.53 Å². The van der Waals surface area contributed by atoms with Gasteiger partial charge in [0.15, 0.2) is 0 Å². The standard InChI is InChI=1S/C19H30N4O2/c1-21-10-16(9-20-21)11-22-7-5-19(6-8-22)14-23(12-15-3-4-15)18(24)17(19)13-25-2/h9-10,15,17H,3-8,11-14H2,1-2H3. The van der Waals surface area contributed by atoms with Crippen LogP contribution in [0.2, 0.25) is 0 Å². The molecule has 0 aromatic carbocycles. The van der Waals surface area contributed by atoms with Gasteiger partial charge in [0, 0.05) is 51.0 Å². The average molecular weight is 346 g/mol. The van der Waals surface area contributed by atoms with Crippen molar-refractivity contribution in [3.8, 4) is 0 Å². The SMILES string of the molecule is COCC1C(=O)N(CC2CC2)CC12CCN(Cc1cnn(C)c1)CC2. The molecule has 3 heterocycles. The second-order valence-corrected chi connectivity index (χ2v) is 8.33. The van der Waals surface area contributed by atoms with E-state index in [9.17, 15) is 4.79 Å². The van der Waals surface area contributed by atoms with Gasteiger partial charge in [0.05, 0.1) is 18.7 Å². The fourth-order valence-electron chi connectivity index (χ4n) is 4.71. The van der Waals surface area contributed by atoms with Gasteiger partial charge in [0.2, 0.25) is 5.91 Å². The van der Waals surface area contributed by atoms with Crippen molar-refractivity contribution in [3.05, 3.63) is 18.0 Å². The van der Waals surface area contributed by atoms with Crippen molar-refractivity contribution in [2.24, 2.45) is 24.3 Å². The lowest BCUT2D eigenvalue weighted by atomic mass is 9.71. The molecule has 6 heteroatoms. The molecule has 6 nitrogen and oxygen atoms in total. The largest absolute Gasteiger partial charge is 0.384 e.